The van der Waals surface area contributed by atoms with Gasteiger partial charge in [-0.3, -0.25) is 4.79 Å². The third kappa shape index (κ3) is 6.60. The average molecular weight is 530 g/mol. The van der Waals surface area contributed by atoms with E-state index in [2.05, 4.69) is 16.8 Å². The van der Waals surface area contributed by atoms with Crippen LogP contribution in [0.4, 0.5) is 0 Å². The third-order valence-electron chi connectivity index (χ3n) is 6.32. The molecule has 1 aliphatic rings. The molecule has 0 saturated heterocycles. The van der Waals surface area contributed by atoms with Gasteiger partial charge in [-0.1, -0.05) is 31.8 Å². The number of likely N-dealkylation sites (N-methyl/N-ethyl adjacent to an activating group) is 1. The van der Waals surface area contributed by atoms with Crippen LogP contribution in [0.1, 0.15) is 49.5 Å². The number of methoxy groups -OCH3 is 1. The Labute approximate surface area is 219 Å². The van der Waals surface area contributed by atoms with E-state index in [0.717, 1.165) is 12.8 Å². The van der Waals surface area contributed by atoms with Gasteiger partial charge in [-0.05, 0) is 31.5 Å². The molecule has 2 aromatic rings. The van der Waals surface area contributed by atoms with Crippen LogP contribution in [0, 0.1) is 17.8 Å². The van der Waals surface area contributed by atoms with Crippen molar-refractivity contribution >= 4 is 15.9 Å². The van der Waals surface area contributed by atoms with Crippen LogP contribution in [0.5, 0.6) is 11.6 Å². The zero-order valence-corrected chi connectivity index (χ0v) is 22.8. The summed E-state index contributed by atoms with van der Waals surface area (Å²) >= 11 is 0. The van der Waals surface area contributed by atoms with Crippen LogP contribution in [0.15, 0.2) is 41.4 Å². The van der Waals surface area contributed by atoms with Gasteiger partial charge in [-0.25, -0.2) is 13.4 Å². The minimum absolute atomic E-state index is 0.0232. The van der Waals surface area contributed by atoms with E-state index in [-0.39, 0.29) is 47.9 Å². The molecular weight excluding hydrogens is 494 g/mol. The zero-order chi connectivity index (χ0) is 27.2. The van der Waals surface area contributed by atoms with Crippen LogP contribution in [0.3, 0.4) is 0 Å². The van der Waals surface area contributed by atoms with E-state index in [9.17, 15) is 18.3 Å². The monoisotopic (exact) mass is 529 g/mol. The second-order valence-electron chi connectivity index (χ2n) is 9.22. The Balaban J connectivity index is 1.97. The minimum Gasteiger partial charge on any atom is -0.497 e. The van der Waals surface area contributed by atoms with Crippen molar-refractivity contribution in [2.24, 2.45) is 5.92 Å². The number of pyridine rings is 1. The number of amides is 1. The lowest BCUT2D eigenvalue weighted by Crippen LogP contribution is -2.50. The number of hydrogen-bond acceptors (Lipinski definition) is 7. The summed E-state index contributed by atoms with van der Waals surface area (Å²) in [6.07, 6.45) is 2.58. The van der Waals surface area contributed by atoms with Crippen molar-refractivity contribution in [1.29, 1.82) is 0 Å². The summed E-state index contributed by atoms with van der Waals surface area (Å²) in [6, 6.07) is 7.47. The lowest BCUT2D eigenvalue weighted by atomic mass is 10.0. The van der Waals surface area contributed by atoms with Gasteiger partial charge in [0.2, 0.25) is 15.9 Å². The number of sulfonamides is 1. The summed E-state index contributed by atoms with van der Waals surface area (Å²) in [5, 5.41) is 9.82. The molecule has 1 aromatic heterocycles. The molecule has 0 aliphatic carbocycles. The number of ether oxygens (including phenoxy) is 2. The molecule has 0 bridgehead atoms. The molecule has 1 amide bonds. The molecule has 10 heteroatoms. The highest BCUT2D eigenvalue weighted by atomic mass is 32.2. The van der Waals surface area contributed by atoms with E-state index in [1.54, 1.807) is 36.2 Å². The fourth-order valence-corrected chi connectivity index (χ4v) is 5.19. The van der Waals surface area contributed by atoms with E-state index in [1.165, 1.54) is 30.6 Å². The number of unbranched alkanes of at least 4 members (excludes halogenated alkanes) is 1. The van der Waals surface area contributed by atoms with Gasteiger partial charge in [0.25, 0.3) is 5.91 Å². The lowest BCUT2D eigenvalue weighted by molar-refractivity contribution is 0.0373. The first kappa shape index (κ1) is 28.4. The van der Waals surface area contributed by atoms with Gasteiger partial charge >= 0.3 is 0 Å². The van der Waals surface area contributed by atoms with Gasteiger partial charge in [0.15, 0.2) is 0 Å². The fourth-order valence-electron chi connectivity index (χ4n) is 3.97. The first-order valence-electron chi connectivity index (χ1n) is 12.3. The van der Waals surface area contributed by atoms with Gasteiger partial charge in [0.05, 0.1) is 31.2 Å². The van der Waals surface area contributed by atoms with Crippen LogP contribution in [-0.2, 0) is 10.0 Å². The van der Waals surface area contributed by atoms with Crippen LogP contribution < -0.4 is 9.47 Å². The van der Waals surface area contributed by atoms with Gasteiger partial charge in [-0.15, -0.1) is 0 Å². The van der Waals surface area contributed by atoms with Crippen molar-refractivity contribution in [2.45, 2.75) is 50.7 Å². The Hall–Kier alpha value is -3.13. The maximum Gasteiger partial charge on any atom is 0.259 e. The number of hydrogen-bond donors (Lipinski definition) is 1. The SMILES string of the molecule is CCCC#Cc1cnc2c(c1)C(=O)N([C@H](C)CO)C[C@H](C)[C@@H](CN(C)S(=O)(=O)c1cccc(OC)c1)O2. The van der Waals surface area contributed by atoms with Crippen LogP contribution >= 0.6 is 0 Å². The third-order valence-corrected chi connectivity index (χ3v) is 8.13. The molecule has 37 heavy (non-hydrogen) atoms. The predicted molar refractivity (Wildman–Crippen MR) is 140 cm³/mol. The molecule has 3 rings (SSSR count). The topological polar surface area (TPSA) is 109 Å². The van der Waals surface area contributed by atoms with E-state index in [1.807, 2.05) is 13.8 Å². The standard InChI is InChI=1S/C27H35N3O6S/c1-6-7-8-10-21-13-24-26(28-15-21)36-25(19(2)16-30(27(24)32)20(3)18-31)17-29(4)37(33,34)23-12-9-11-22(14-23)35-5/h9,11-15,19-20,25,31H,6-7,16-18H2,1-5H3/t19-,20+,25+/m0/s1. The number of carbonyl (C=O) groups excluding carboxylic acids is 1. The van der Waals surface area contributed by atoms with Gasteiger partial charge < -0.3 is 19.5 Å². The van der Waals surface area contributed by atoms with Crippen molar-refractivity contribution < 1.29 is 27.8 Å². The van der Waals surface area contributed by atoms with E-state index < -0.39 is 22.2 Å². The average Bonchev–Trinajstić information content (AvgIpc) is 2.90. The maximum absolute atomic E-state index is 13.5. The Morgan fingerprint density at radius 2 is 2.11 bits per heavy atom. The summed E-state index contributed by atoms with van der Waals surface area (Å²) in [7, 11) is -0.876. The van der Waals surface area contributed by atoms with Crippen LogP contribution in [0.25, 0.3) is 0 Å². The van der Waals surface area contributed by atoms with Crippen molar-refractivity contribution in [3.8, 4) is 23.5 Å². The molecule has 9 nitrogen and oxygen atoms in total. The molecule has 0 spiro atoms. The van der Waals surface area contributed by atoms with E-state index in [4.69, 9.17) is 9.47 Å². The summed E-state index contributed by atoms with van der Waals surface area (Å²) in [6.45, 7) is 5.76. The van der Waals surface area contributed by atoms with E-state index >= 15 is 0 Å². The highest BCUT2D eigenvalue weighted by Crippen LogP contribution is 2.28. The summed E-state index contributed by atoms with van der Waals surface area (Å²) < 4.78 is 39.2. The van der Waals surface area contributed by atoms with Crippen molar-refractivity contribution in [3.05, 3.63) is 47.7 Å². The van der Waals surface area contributed by atoms with Crippen molar-refractivity contribution in [1.82, 2.24) is 14.2 Å². The predicted octanol–water partition coefficient (Wildman–Crippen LogP) is 2.78. The summed E-state index contributed by atoms with van der Waals surface area (Å²) in [4.78, 5) is 19.6. The summed E-state index contributed by atoms with van der Waals surface area (Å²) in [5.41, 5.74) is 0.822. The second kappa shape index (κ2) is 12.4. The lowest BCUT2D eigenvalue weighted by Gasteiger charge is -2.37. The normalized spacial score (nSPS) is 18.7. The van der Waals surface area contributed by atoms with E-state index in [0.29, 0.717) is 11.3 Å². The van der Waals surface area contributed by atoms with Gasteiger partial charge in [-0.2, -0.15) is 4.31 Å². The number of rotatable bonds is 8. The number of nitrogens with zero attached hydrogens (tertiary/aromatic N) is 3. The summed E-state index contributed by atoms with van der Waals surface area (Å²) in [5.74, 6) is 6.05. The van der Waals surface area contributed by atoms with Gasteiger partial charge in [0, 0.05) is 43.8 Å². The van der Waals surface area contributed by atoms with Gasteiger partial charge in [0.1, 0.15) is 17.4 Å². The zero-order valence-electron chi connectivity index (χ0n) is 22.0. The Morgan fingerprint density at radius 3 is 2.78 bits per heavy atom. The molecule has 0 unspecified atom stereocenters. The molecule has 1 aromatic carbocycles. The quantitative estimate of drug-likeness (QED) is 0.524. The molecular formula is C27H35N3O6S. The van der Waals surface area contributed by atoms with Crippen molar-refractivity contribution in [3.63, 3.8) is 0 Å². The Morgan fingerprint density at radius 1 is 1.35 bits per heavy atom. The Kier molecular flexibility index (Phi) is 9.54. The van der Waals surface area contributed by atoms with Crippen LogP contribution in [-0.4, -0.2) is 79.6 Å². The first-order chi connectivity index (χ1) is 17.6. The smallest absolute Gasteiger partial charge is 0.259 e. The number of aromatic nitrogens is 1. The Bertz CT molecular complexity index is 1270. The molecule has 3 atom stereocenters. The molecule has 0 fully saturated rings. The molecule has 2 heterocycles. The fraction of sp³-hybridized carbons (Fsp3) is 0.481. The highest BCUT2D eigenvalue weighted by Gasteiger charge is 2.36. The molecule has 1 N–H and O–H groups in total. The molecule has 0 saturated carbocycles. The largest absolute Gasteiger partial charge is 0.497 e. The minimum atomic E-state index is -3.84. The molecule has 200 valence electrons. The van der Waals surface area contributed by atoms with Crippen molar-refractivity contribution in [2.75, 3.05) is 33.9 Å². The van der Waals surface area contributed by atoms with Crippen LogP contribution in [0.2, 0.25) is 0 Å². The number of aliphatic hydroxyl groups is 1. The second-order valence-corrected chi connectivity index (χ2v) is 11.3. The number of fused-ring (bicyclic) bond motifs is 1. The maximum atomic E-state index is 13.5. The first-order valence-corrected chi connectivity index (χ1v) is 13.7. The molecule has 1 aliphatic heterocycles. The number of aliphatic hydroxyl groups excluding tert-OH is 1. The molecule has 0 radical (unpaired) electrons. The number of benzene rings is 1. The number of carbonyl (C=O) groups is 1. The highest BCUT2D eigenvalue weighted by molar-refractivity contribution is 7.89.